The molecule has 1 heterocycles. The molecule has 130 valence electrons. The van der Waals surface area contributed by atoms with Crippen LogP contribution in [-0.2, 0) is 0 Å². The summed E-state index contributed by atoms with van der Waals surface area (Å²) < 4.78 is 38.4. The standard InChI is InChI=1S/C16H18F3N3O2/c1-3-12(11-7-5-4-6-8-11)20-13-9-14(23)22(15(24)21-13)10(2)16(17,18)19/h4-10,12,20H,3H2,1-2H3,(H,21,24)/t10-,12-/m0/s1. The van der Waals surface area contributed by atoms with Crippen molar-refractivity contribution in [3.63, 3.8) is 0 Å². The highest BCUT2D eigenvalue weighted by molar-refractivity contribution is 5.37. The van der Waals surface area contributed by atoms with Crippen molar-refractivity contribution in [2.75, 3.05) is 5.32 Å². The van der Waals surface area contributed by atoms with Crippen molar-refractivity contribution in [1.82, 2.24) is 9.55 Å². The van der Waals surface area contributed by atoms with E-state index in [2.05, 4.69) is 10.3 Å². The van der Waals surface area contributed by atoms with Gasteiger partial charge in [-0.3, -0.25) is 9.78 Å². The van der Waals surface area contributed by atoms with Crippen LogP contribution in [0.15, 0.2) is 46.0 Å². The van der Waals surface area contributed by atoms with Crippen LogP contribution < -0.4 is 16.6 Å². The molecule has 2 aromatic rings. The molecule has 0 saturated heterocycles. The Balaban J connectivity index is 2.34. The number of nitrogens with one attached hydrogen (secondary N) is 2. The van der Waals surface area contributed by atoms with Crippen molar-refractivity contribution in [1.29, 1.82) is 0 Å². The van der Waals surface area contributed by atoms with Crippen molar-refractivity contribution in [2.45, 2.75) is 38.5 Å². The van der Waals surface area contributed by atoms with Crippen molar-refractivity contribution in [3.05, 3.63) is 62.8 Å². The van der Waals surface area contributed by atoms with Crippen molar-refractivity contribution in [3.8, 4) is 0 Å². The number of aromatic amines is 1. The van der Waals surface area contributed by atoms with Gasteiger partial charge in [-0.15, -0.1) is 0 Å². The summed E-state index contributed by atoms with van der Waals surface area (Å²) in [5.41, 5.74) is -1.17. The summed E-state index contributed by atoms with van der Waals surface area (Å²) in [4.78, 5) is 26.2. The molecule has 5 nitrogen and oxygen atoms in total. The van der Waals surface area contributed by atoms with E-state index in [1.165, 1.54) is 0 Å². The zero-order valence-electron chi connectivity index (χ0n) is 13.2. The highest BCUT2D eigenvalue weighted by Crippen LogP contribution is 2.28. The van der Waals surface area contributed by atoms with Crippen LogP contribution in [0.3, 0.4) is 0 Å². The van der Waals surface area contributed by atoms with Gasteiger partial charge in [-0.05, 0) is 18.9 Å². The maximum Gasteiger partial charge on any atom is 0.409 e. The van der Waals surface area contributed by atoms with E-state index in [-0.39, 0.29) is 16.4 Å². The van der Waals surface area contributed by atoms with Crippen LogP contribution in [0.2, 0.25) is 0 Å². The van der Waals surface area contributed by atoms with Gasteiger partial charge in [0.25, 0.3) is 5.56 Å². The molecule has 24 heavy (non-hydrogen) atoms. The lowest BCUT2D eigenvalue weighted by Crippen LogP contribution is -2.42. The monoisotopic (exact) mass is 341 g/mol. The smallest absolute Gasteiger partial charge is 0.365 e. The molecule has 2 atom stereocenters. The van der Waals surface area contributed by atoms with Gasteiger partial charge >= 0.3 is 11.9 Å². The Morgan fingerprint density at radius 3 is 2.33 bits per heavy atom. The predicted octanol–water partition coefficient (Wildman–Crippen LogP) is 3.22. The molecule has 0 aliphatic carbocycles. The number of anilines is 1. The first kappa shape index (κ1) is 17.8. The first-order chi connectivity index (χ1) is 11.2. The lowest BCUT2D eigenvalue weighted by molar-refractivity contribution is -0.164. The fourth-order valence-electron chi connectivity index (χ4n) is 2.39. The molecular formula is C16H18F3N3O2. The van der Waals surface area contributed by atoms with Crippen molar-refractivity contribution >= 4 is 5.82 Å². The summed E-state index contributed by atoms with van der Waals surface area (Å²) in [6, 6.07) is 7.92. The van der Waals surface area contributed by atoms with Gasteiger partial charge in [0.2, 0.25) is 0 Å². The third-order valence-electron chi connectivity index (χ3n) is 3.77. The van der Waals surface area contributed by atoms with E-state index in [1.807, 2.05) is 37.3 Å². The second kappa shape index (κ2) is 6.94. The number of hydrogen-bond acceptors (Lipinski definition) is 3. The zero-order valence-corrected chi connectivity index (χ0v) is 13.2. The maximum atomic E-state index is 12.8. The summed E-state index contributed by atoms with van der Waals surface area (Å²) in [5.74, 6) is 0.0892. The molecule has 0 aliphatic heterocycles. The third kappa shape index (κ3) is 3.87. The summed E-state index contributed by atoms with van der Waals surface area (Å²) in [7, 11) is 0. The van der Waals surface area contributed by atoms with Gasteiger partial charge in [-0.2, -0.15) is 13.2 Å². The van der Waals surface area contributed by atoms with E-state index >= 15 is 0 Å². The summed E-state index contributed by atoms with van der Waals surface area (Å²) in [6.45, 7) is 2.68. The van der Waals surface area contributed by atoms with Crippen LogP contribution >= 0.6 is 0 Å². The normalized spacial score (nSPS) is 14.2. The lowest BCUT2D eigenvalue weighted by Gasteiger charge is -2.20. The second-order valence-corrected chi connectivity index (χ2v) is 5.43. The van der Waals surface area contributed by atoms with Crippen LogP contribution in [0.5, 0.6) is 0 Å². The quantitative estimate of drug-likeness (QED) is 0.877. The lowest BCUT2D eigenvalue weighted by atomic mass is 10.0. The van der Waals surface area contributed by atoms with Gasteiger partial charge in [0.1, 0.15) is 11.9 Å². The molecule has 1 aromatic heterocycles. The van der Waals surface area contributed by atoms with E-state index in [4.69, 9.17) is 0 Å². The molecule has 0 radical (unpaired) electrons. The van der Waals surface area contributed by atoms with Crippen LogP contribution in [0, 0.1) is 0 Å². The average molecular weight is 341 g/mol. The van der Waals surface area contributed by atoms with Gasteiger partial charge in [0.15, 0.2) is 0 Å². The molecular weight excluding hydrogens is 323 g/mol. The van der Waals surface area contributed by atoms with Gasteiger partial charge in [-0.1, -0.05) is 37.3 Å². The minimum atomic E-state index is -4.68. The minimum absolute atomic E-state index is 0.0892. The van der Waals surface area contributed by atoms with Crippen LogP contribution in [0.1, 0.15) is 37.9 Å². The summed E-state index contributed by atoms with van der Waals surface area (Å²) in [6.07, 6.45) is -4.02. The molecule has 0 saturated carbocycles. The molecule has 2 N–H and O–H groups in total. The van der Waals surface area contributed by atoms with Crippen LogP contribution in [0.4, 0.5) is 19.0 Å². The van der Waals surface area contributed by atoms with E-state index in [0.717, 1.165) is 18.6 Å². The molecule has 0 unspecified atom stereocenters. The van der Waals surface area contributed by atoms with Crippen molar-refractivity contribution in [2.24, 2.45) is 0 Å². The summed E-state index contributed by atoms with van der Waals surface area (Å²) in [5, 5.41) is 2.98. The fraction of sp³-hybridized carbons (Fsp3) is 0.375. The molecule has 1 aromatic carbocycles. The first-order valence-electron chi connectivity index (χ1n) is 7.48. The van der Waals surface area contributed by atoms with Crippen molar-refractivity contribution < 1.29 is 13.2 Å². The van der Waals surface area contributed by atoms with E-state index < -0.39 is 23.5 Å². The number of rotatable bonds is 5. The number of aromatic nitrogens is 2. The average Bonchev–Trinajstić information content (AvgIpc) is 2.51. The number of hydrogen-bond donors (Lipinski definition) is 2. The number of nitrogens with zero attached hydrogens (tertiary/aromatic N) is 1. The molecule has 0 spiro atoms. The first-order valence-corrected chi connectivity index (χ1v) is 7.48. The molecule has 8 heteroatoms. The van der Waals surface area contributed by atoms with Gasteiger partial charge < -0.3 is 5.32 Å². The Morgan fingerprint density at radius 2 is 1.83 bits per heavy atom. The summed E-state index contributed by atoms with van der Waals surface area (Å²) >= 11 is 0. The number of alkyl halides is 3. The number of H-pyrrole nitrogens is 1. The van der Waals surface area contributed by atoms with Crippen LogP contribution in [0.25, 0.3) is 0 Å². The Kier molecular flexibility index (Phi) is 5.16. The minimum Gasteiger partial charge on any atom is -0.365 e. The number of halogens is 3. The van der Waals surface area contributed by atoms with Gasteiger partial charge in [-0.25, -0.2) is 9.36 Å². The van der Waals surface area contributed by atoms with E-state index in [0.29, 0.717) is 6.42 Å². The Morgan fingerprint density at radius 1 is 1.21 bits per heavy atom. The van der Waals surface area contributed by atoms with Gasteiger partial charge in [0.05, 0.1) is 6.04 Å². The zero-order chi connectivity index (χ0) is 17.9. The maximum absolute atomic E-state index is 12.8. The highest BCUT2D eigenvalue weighted by atomic mass is 19.4. The molecule has 0 fully saturated rings. The van der Waals surface area contributed by atoms with Crippen LogP contribution in [-0.4, -0.2) is 15.7 Å². The molecule has 2 rings (SSSR count). The van der Waals surface area contributed by atoms with Gasteiger partial charge in [0, 0.05) is 6.07 Å². The predicted molar refractivity (Wildman–Crippen MR) is 85.2 cm³/mol. The molecule has 0 aliphatic rings. The largest absolute Gasteiger partial charge is 0.409 e. The Bertz CT molecular complexity index is 765. The number of benzene rings is 1. The topological polar surface area (TPSA) is 66.9 Å². The second-order valence-electron chi connectivity index (χ2n) is 5.43. The molecule has 0 amide bonds. The fourth-order valence-corrected chi connectivity index (χ4v) is 2.39. The third-order valence-corrected chi connectivity index (χ3v) is 3.77. The Hall–Kier alpha value is -2.51. The van der Waals surface area contributed by atoms with E-state index in [1.54, 1.807) is 0 Å². The van der Waals surface area contributed by atoms with E-state index in [9.17, 15) is 22.8 Å². The molecule has 0 bridgehead atoms. The Labute approximate surface area is 136 Å². The SMILES string of the molecule is CC[C@H](Nc1cc(=O)n([C@@H](C)C(F)(F)F)c(=O)[nH]1)c1ccccc1. The highest BCUT2D eigenvalue weighted by Gasteiger charge is 2.39.